The van der Waals surface area contributed by atoms with Crippen LogP contribution in [0.2, 0.25) is 5.02 Å². The smallest absolute Gasteiger partial charge is 0.411 e. The zero-order valence-electron chi connectivity index (χ0n) is 16.5. The molecule has 0 unspecified atom stereocenters. The van der Waals surface area contributed by atoms with Crippen LogP contribution < -0.4 is 16.2 Å². The van der Waals surface area contributed by atoms with Gasteiger partial charge < -0.3 is 10.1 Å². The molecule has 2 N–H and O–H groups in total. The molecule has 1 saturated carbocycles. The summed E-state index contributed by atoms with van der Waals surface area (Å²) >= 11 is 5.96. The Balaban J connectivity index is 1.87. The van der Waals surface area contributed by atoms with Crippen molar-refractivity contribution in [1.29, 1.82) is 0 Å². The molecular weight excluding hydrogens is 441 g/mol. The molecule has 1 aromatic heterocycles. The molecule has 1 aliphatic carbocycles. The molecule has 1 fully saturated rings. The third kappa shape index (κ3) is 4.82. The zero-order chi connectivity index (χ0) is 23.0. The van der Waals surface area contributed by atoms with Crippen LogP contribution in [0.5, 0.6) is 0 Å². The van der Waals surface area contributed by atoms with Gasteiger partial charge in [-0.15, -0.1) is 0 Å². The normalized spacial score (nSPS) is 14.6. The molecule has 0 radical (unpaired) electrons. The highest BCUT2D eigenvalue weighted by molar-refractivity contribution is 6.31. The minimum Gasteiger partial charge on any atom is -0.453 e. The predicted molar refractivity (Wildman–Crippen MR) is 106 cm³/mol. The number of aromatic nitrogens is 2. The van der Waals surface area contributed by atoms with Gasteiger partial charge >= 0.3 is 12.3 Å². The molecule has 2 amide bonds. The van der Waals surface area contributed by atoms with Crippen LogP contribution in [0.25, 0.3) is 11.3 Å². The van der Waals surface area contributed by atoms with Crippen molar-refractivity contribution in [2.75, 3.05) is 12.4 Å². The van der Waals surface area contributed by atoms with Gasteiger partial charge in [0.1, 0.15) is 17.9 Å². The van der Waals surface area contributed by atoms with E-state index < -0.39 is 35.8 Å². The van der Waals surface area contributed by atoms with Gasteiger partial charge in [0, 0.05) is 16.7 Å². The second-order valence-electron chi connectivity index (χ2n) is 7.05. The summed E-state index contributed by atoms with van der Waals surface area (Å²) in [5.74, 6) is -0.831. The van der Waals surface area contributed by atoms with Gasteiger partial charge in [0.15, 0.2) is 0 Å². The van der Waals surface area contributed by atoms with Crippen LogP contribution in [-0.2, 0) is 16.1 Å². The minimum atomic E-state index is -4.55. The summed E-state index contributed by atoms with van der Waals surface area (Å²) in [6, 6.07) is 5.62. The number of hydrogen-bond acceptors (Lipinski definition) is 5. The van der Waals surface area contributed by atoms with E-state index in [1.165, 1.54) is 32.2 Å². The Hall–Kier alpha value is -3.08. The average Bonchev–Trinajstić information content (AvgIpc) is 3.45. The highest BCUT2D eigenvalue weighted by Gasteiger charge is 2.64. The minimum absolute atomic E-state index is 0.105. The van der Waals surface area contributed by atoms with Crippen molar-refractivity contribution in [2.45, 2.75) is 38.0 Å². The van der Waals surface area contributed by atoms with Crippen molar-refractivity contribution < 1.29 is 27.5 Å². The predicted octanol–water partition coefficient (Wildman–Crippen LogP) is 3.26. The van der Waals surface area contributed by atoms with Crippen molar-refractivity contribution in [3.05, 3.63) is 45.5 Å². The number of nitrogens with one attached hydrogen (secondary N) is 2. The lowest BCUT2D eigenvalue weighted by molar-refractivity contribution is -0.170. The molecule has 3 rings (SSSR count). The number of carbonyl (C=O) groups is 2. The van der Waals surface area contributed by atoms with E-state index in [0.29, 0.717) is 10.6 Å². The number of anilines is 1. The number of carbonyl (C=O) groups excluding carboxylic acids is 2. The number of alkyl halides is 3. The third-order valence-electron chi connectivity index (χ3n) is 4.85. The van der Waals surface area contributed by atoms with Crippen LogP contribution in [0, 0.1) is 6.92 Å². The standard InChI is InChI=1S/C19H18ClF3N4O4/c1-10-24-14(12-4-3-11(20)7-13(12)25-17(30)31-2)8-16(29)27(10)9-15(28)26-18(5-6-18)19(21,22)23/h3-4,7-8H,5-6,9H2,1-2H3,(H,25,30)(H,26,28). The first-order chi connectivity index (χ1) is 14.5. The second kappa shape index (κ2) is 8.22. The van der Waals surface area contributed by atoms with Gasteiger partial charge in [0.25, 0.3) is 5.56 Å². The van der Waals surface area contributed by atoms with E-state index in [1.54, 1.807) is 0 Å². The zero-order valence-corrected chi connectivity index (χ0v) is 17.2. The maximum Gasteiger partial charge on any atom is 0.411 e. The molecule has 12 heteroatoms. The van der Waals surface area contributed by atoms with Crippen molar-refractivity contribution in [3.8, 4) is 11.3 Å². The molecule has 2 aromatic rings. The summed E-state index contributed by atoms with van der Waals surface area (Å²) in [5.41, 5.74) is -2.08. The van der Waals surface area contributed by atoms with E-state index in [2.05, 4.69) is 15.0 Å². The molecule has 1 aromatic carbocycles. The molecule has 31 heavy (non-hydrogen) atoms. The Morgan fingerprint density at radius 3 is 2.52 bits per heavy atom. The number of nitrogens with zero attached hydrogens (tertiary/aromatic N) is 2. The van der Waals surface area contributed by atoms with Crippen LogP contribution in [0.15, 0.2) is 29.1 Å². The number of methoxy groups -OCH3 is 1. The largest absolute Gasteiger partial charge is 0.453 e. The highest BCUT2D eigenvalue weighted by atomic mass is 35.5. The van der Waals surface area contributed by atoms with E-state index in [4.69, 9.17) is 11.6 Å². The van der Waals surface area contributed by atoms with Gasteiger partial charge in [0.05, 0.1) is 18.5 Å². The molecule has 0 saturated heterocycles. The Bertz CT molecular complexity index is 1100. The van der Waals surface area contributed by atoms with Gasteiger partial charge in [-0.3, -0.25) is 19.5 Å². The van der Waals surface area contributed by atoms with E-state index in [0.717, 1.165) is 10.6 Å². The van der Waals surface area contributed by atoms with E-state index >= 15 is 0 Å². The lowest BCUT2D eigenvalue weighted by Gasteiger charge is -2.21. The van der Waals surface area contributed by atoms with E-state index in [1.807, 2.05) is 5.32 Å². The van der Waals surface area contributed by atoms with Crippen molar-refractivity contribution in [2.24, 2.45) is 0 Å². The van der Waals surface area contributed by atoms with Crippen molar-refractivity contribution in [3.63, 3.8) is 0 Å². The third-order valence-corrected chi connectivity index (χ3v) is 5.09. The molecule has 1 aliphatic rings. The first-order valence-electron chi connectivity index (χ1n) is 9.07. The molecular formula is C19H18ClF3N4O4. The number of hydrogen-bond donors (Lipinski definition) is 2. The van der Waals surface area contributed by atoms with Crippen LogP contribution in [0.3, 0.4) is 0 Å². The summed E-state index contributed by atoms with van der Waals surface area (Å²) in [6.45, 7) is 0.835. The van der Waals surface area contributed by atoms with Gasteiger partial charge in [-0.05, 0) is 38.0 Å². The van der Waals surface area contributed by atoms with Crippen LogP contribution in [-0.4, -0.2) is 40.4 Å². The number of aryl methyl sites for hydroxylation is 1. The fourth-order valence-corrected chi connectivity index (χ4v) is 3.18. The van der Waals surface area contributed by atoms with E-state index in [-0.39, 0.29) is 30.0 Å². The topological polar surface area (TPSA) is 102 Å². The number of amides is 2. The summed E-state index contributed by atoms with van der Waals surface area (Å²) in [4.78, 5) is 40.6. The summed E-state index contributed by atoms with van der Waals surface area (Å²) in [7, 11) is 1.18. The summed E-state index contributed by atoms with van der Waals surface area (Å²) in [6.07, 6.45) is -5.70. The number of ether oxygens (including phenoxy) is 1. The molecule has 0 atom stereocenters. The van der Waals surface area contributed by atoms with Gasteiger partial charge in [-0.2, -0.15) is 13.2 Å². The van der Waals surface area contributed by atoms with Crippen LogP contribution in [0.1, 0.15) is 18.7 Å². The quantitative estimate of drug-likeness (QED) is 0.716. The Kier molecular flexibility index (Phi) is 5.99. The maximum atomic E-state index is 13.0. The van der Waals surface area contributed by atoms with E-state index in [9.17, 15) is 27.6 Å². The molecule has 1 heterocycles. The Morgan fingerprint density at radius 1 is 1.29 bits per heavy atom. The fraction of sp³-hybridized carbons (Fsp3) is 0.368. The van der Waals surface area contributed by atoms with Gasteiger partial charge in [0.2, 0.25) is 5.91 Å². The lowest BCUT2D eigenvalue weighted by atomic mass is 10.1. The van der Waals surface area contributed by atoms with Gasteiger partial charge in [-0.1, -0.05) is 11.6 Å². The monoisotopic (exact) mass is 458 g/mol. The highest BCUT2D eigenvalue weighted by Crippen LogP contribution is 2.48. The van der Waals surface area contributed by atoms with Gasteiger partial charge in [-0.25, -0.2) is 9.78 Å². The SMILES string of the molecule is COC(=O)Nc1cc(Cl)ccc1-c1cc(=O)n(CC(=O)NC2(C(F)(F)F)CC2)c(C)n1. The Labute approximate surface area is 179 Å². The maximum absolute atomic E-state index is 13.0. The first kappa shape index (κ1) is 22.6. The molecule has 166 valence electrons. The summed E-state index contributed by atoms with van der Waals surface area (Å²) < 4.78 is 44.6. The first-order valence-corrected chi connectivity index (χ1v) is 9.45. The molecule has 8 nitrogen and oxygen atoms in total. The van der Waals surface area contributed by atoms with Crippen LogP contribution >= 0.6 is 11.6 Å². The fourth-order valence-electron chi connectivity index (χ4n) is 3.01. The van der Waals surface area contributed by atoms with Crippen LogP contribution in [0.4, 0.5) is 23.7 Å². The Morgan fingerprint density at radius 2 is 1.97 bits per heavy atom. The molecule has 0 aliphatic heterocycles. The molecule has 0 spiro atoms. The lowest BCUT2D eigenvalue weighted by Crippen LogP contribution is -2.49. The van der Waals surface area contributed by atoms with Crippen molar-refractivity contribution >= 4 is 29.3 Å². The van der Waals surface area contributed by atoms with Crippen molar-refractivity contribution in [1.82, 2.24) is 14.9 Å². The number of halogens is 4. The molecule has 0 bridgehead atoms. The second-order valence-corrected chi connectivity index (χ2v) is 7.48. The summed E-state index contributed by atoms with van der Waals surface area (Å²) in [5, 5.41) is 4.75. The number of rotatable bonds is 5. The average molecular weight is 459 g/mol. The number of benzene rings is 1.